The number of sulfonamides is 1. The molecule has 1 heterocycles. The minimum Gasteiger partial charge on any atom is -0.341 e. The summed E-state index contributed by atoms with van der Waals surface area (Å²) in [4.78, 5) is 14.9. The molecule has 0 N–H and O–H groups in total. The molecule has 3 rings (SSSR count). The summed E-state index contributed by atoms with van der Waals surface area (Å²) < 4.78 is 26.0. The summed E-state index contributed by atoms with van der Waals surface area (Å²) in [5, 5.41) is 0.428. The second-order valence-corrected chi connectivity index (χ2v) is 9.97. The lowest BCUT2D eigenvalue weighted by Gasteiger charge is -2.36. The highest BCUT2D eigenvalue weighted by Crippen LogP contribution is 2.27. The molecule has 2 aromatic carbocycles. The smallest absolute Gasteiger partial charge is 0.246 e. The molecule has 0 unspecified atom stereocenters. The van der Waals surface area contributed by atoms with Crippen molar-refractivity contribution in [2.45, 2.75) is 32.2 Å². The molecule has 1 fully saturated rings. The molecule has 156 valence electrons. The number of hydrogen-bond donors (Lipinski definition) is 0. The molecule has 1 saturated heterocycles. The van der Waals surface area contributed by atoms with Crippen molar-refractivity contribution in [3.05, 3.63) is 65.2 Å². The third-order valence-electron chi connectivity index (χ3n) is 5.42. The second kappa shape index (κ2) is 9.18. The summed E-state index contributed by atoms with van der Waals surface area (Å²) in [6, 6.07) is 16.1. The maximum Gasteiger partial charge on any atom is 0.246 e. The molecule has 1 aliphatic rings. The van der Waals surface area contributed by atoms with E-state index >= 15 is 0 Å². The van der Waals surface area contributed by atoms with Gasteiger partial charge in [-0.1, -0.05) is 48.0 Å². The Hall–Kier alpha value is -2.05. The molecule has 0 aromatic heterocycles. The van der Waals surface area contributed by atoms with Gasteiger partial charge in [-0.3, -0.25) is 9.10 Å². The number of nitrogens with zero attached hydrogens (tertiary/aromatic N) is 2. The van der Waals surface area contributed by atoms with Crippen LogP contribution in [0, 0.1) is 5.92 Å². The first kappa shape index (κ1) is 21.7. The largest absolute Gasteiger partial charge is 0.341 e. The topological polar surface area (TPSA) is 57.7 Å². The van der Waals surface area contributed by atoms with Crippen LogP contribution in [0.2, 0.25) is 5.02 Å². The van der Waals surface area contributed by atoms with Crippen LogP contribution < -0.4 is 4.31 Å². The Bertz CT molecular complexity index is 942. The Kier molecular flexibility index (Phi) is 6.85. The molecule has 0 aliphatic carbocycles. The Morgan fingerprint density at radius 1 is 1.14 bits per heavy atom. The van der Waals surface area contributed by atoms with Gasteiger partial charge in [0.1, 0.15) is 6.04 Å². The molecule has 0 spiro atoms. The van der Waals surface area contributed by atoms with Crippen LogP contribution in [0.1, 0.15) is 25.3 Å². The third-order valence-corrected chi connectivity index (χ3v) is 6.90. The van der Waals surface area contributed by atoms with E-state index in [0.29, 0.717) is 29.7 Å². The summed E-state index contributed by atoms with van der Waals surface area (Å²) in [6.45, 7) is 2.93. The number of carbonyl (C=O) groups is 1. The number of benzene rings is 2. The minimum atomic E-state index is -3.64. The fraction of sp³-hybridized carbons (Fsp3) is 0.409. The Labute approximate surface area is 178 Å². The zero-order chi connectivity index (χ0) is 21.0. The van der Waals surface area contributed by atoms with E-state index in [-0.39, 0.29) is 5.91 Å². The molecule has 5 nitrogen and oxygen atoms in total. The van der Waals surface area contributed by atoms with Gasteiger partial charge in [-0.2, -0.15) is 0 Å². The van der Waals surface area contributed by atoms with Crippen LogP contribution in [0.25, 0.3) is 0 Å². The normalized spacial score (nSPS) is 16.4. The highest BCUT2D eigenvalue weighted by molar-refractivity contribution is 7.92. The minimum absolute atomic E-state index is 0.173. The maximum absolute atomic E-state index is 13.1. The molecule has 2 aromatic rings. The lowest BCUT2D eigenvalue weighted by atomic mass is 9.90. The van der Waals surface area contributed by atoms with Crippen LogP contribution in [-0.4, -0.2) is 44.6 Å². The van der Waals surface area contributed by atoms with E-state index in [0.717, 1.165) is 29.8 Å². The van der Waals surface area contributed by atoms with Crippen molar-refractivity contribution in [3.63, 3.8) is 0 Å². The van der Waals surface area contributed by atoms with Crippen molar-refractivity contribution >= 4 is 33.2 Å². The molecule has 29 heavy (non-hydrogen) atoms. The number of rotatable bonds is 6. The molecule has 1 aliphatic heterocycles. The zero-order valence-electron chi connectivity index (χ0n) is 16.8. The van der Waals surface area contributed by atoms with E-state index in [1.165, 1.54) is 5.56 Å². The predicted octanol–water partition coefficient (Wildman–Crippen LogP) is 3.98. The van der Waals surface area contributed by atoms with Crippen molar-refractivity contribution in [2.24, 2.45) is 5.92 Å². The molecule has 1 amide bonds. The van der Waals surface area contributed by atoms with Gasteiger partial charge in [0.05, 0.1) is 11.9 Å². The first-order chi connectivity index (χ1) is 13.8. The predicted molar refractivity (Wildman–Crippen MR) is 118 cm³/mol. The van der Waals surface area contributed by atoms with Gasteiger partial charge < -0.3 is 4.90 Å². The van der Waals surface area contributed by atoms with Crippen molar-refractivity contribution in [1.82, 2.24) is 4.90 Å². The van der Waals surface area contributed by atoms with Crippen LogP contribution in [0.5, 0.6) is 0 Å². The Morgan fingerprint density at radius 2 is 1.79 bits per heavy atom. The fourth-order valence-electron chi connectivity index (χ4n) is 3.98. The Morgan fingerprint density at radius 3 is 2.38 bits per heavy atom. The summed E-state index contributed by atoms with van der Waals surface area (Å²) in [5.74, 6) is 0.365. The number of likely N-dealkylation sites (tertiary alicyclic amines) is 1. The maximum atomic E-state index is 13.1. The number of carbonyl (C=O) groups excluding carboxylic acids is 1. The number of hydrogen-bond acceptors (Lipinski definition) is 3. The van der Waals surface area contributed by atoms with Crippen molar-refractivity contribution < 1.29 is 13.2 Å². The third kappa shape index (κ3) is 5.52. The molecule has 7 heteroatoms. The molecule has 0 saturated carbocycles. The SMILES string of the molecule is C[C@@H](C(=O)N1CCC(Cc2ccccc2)CC1)N(c1cccc(Cl)c1)S(C)(=O)=O. The van der Waals surface area contributed by atoms with Crippen LogP contribution in [0.15, 0.2) is 54.6 Å². The summed E-state index contributed by atoms with van der Waals surface area (Å²) >= 11 is 6.04. The highest BCUT2D eigenvalue weighted by Gasteiger charge is 2.33. The molecule has 0 bridgehead atoms. The van der Waals surface area contributed by atoms with Gasteiger partial charge in [0, 0.05) is 18.1 Å². The van der Waals surface area contributed by atoms with Gasteiger partial charge in [-0.25, -0.2) is 8.42 Å². The fourth-order valence-corrected chi connectivity index (χ4v) is 5.33. The summed E-state index contributed by atoms with van der Waals surface area (Å²) in [7, 11) is -3.64. The van der Waals surface area contributed by atoms with Crippen LogP contribution >= 0.6 is 11.6 Å². The monoisotopic (exact) mass is 434 g/mol. The first-order valence-corrected chi connectivity index (χ1v) is 12.1. The molecule has 0 radical (unpaired) electrons. The van der Waals surface area contributed by atoms with Gasteiger partial charge >= 0.3 is 0 Å². The van der Waals surface area contributed by atoms with Crippen LogP contribution in [0.3, 0.4) is 0 Å². The average molecular weight is 435 g/mol. The molecular weight excluding hydrogens is 408 g/mol. The van der Waals surface area contributed by atoms with Gasteiger partial charge in [-0.05, 0) is 55.9 Å². The quantitative estimate of drug-likeness (QED) is 0.691. The van der Waals surface area contributed by atoms with E-state index in [1.807, 2.05) is 18.2 Å². The number of halogens is 1. The highest BCUT2D eigenvalue weighted by atomic mass is 35.5. The summed E-state index contributed by atoms with van der Waals surface area (Å²) in [5.41, 5.74) is 1.72. The van der Waals surface area contributed by atoms with Crippen molar-refractivity contribution in [2.75, 3.05) is 23.7 Å². The first-order valence-electron chi connectivity index (χ1n) is 9.83. The van der Waals surface area contributed by atoms with Gasteiger partial charge in [0.15, 0.2) is 0 Å². The zero-order valence-corrected chi connectivity index (χ0v) is 18.4. The van der Waals surface area contributed by atoms with Gasteiger partial charge in [-0.15, -0.1) is 0 Å². The standard InChI is InChI=1S/C22H27ClN2O3S/c1-17(25(29(2,27)28)21-10-6-9-20(23)16-21)22(26)24-13-11-19(12-14-24)15-18-7-4-3-5-8-18/h3-10,16-17,19H,11-15H2,1-2H3/t17-/m0/s1. The number of amides is 1. The average Bonchev–Trinajstić information content (AvgIpc) is 2.68. The van der Waals surface area contributed by atoms with Gasteiger partial charge in [0.25, 0.3) is 0 Å². The lowest BCUT2D eigenvalue weighted by molar-refractivity contribution is -0.133. The van der Waals surface area contributed by atoms with Crippen LogP contribution in [-0.2, 0) is 21.2 Å². The molecule has 1 atom stereocenters. The van der Waals surface area contributed by atoms with E-state index in [4.69, 9.17) is 11.6 Å². The Balaban J connectivity index is 1.67. The van der Waals surface area contributed by atoms with Gasteiger partial charge in [0.2, 0.25) is 15.9 Å². The van der Waals surface area contributed by atoms with E-state index in [9.17, 15) is 13.2 Å². The van der Waals surface area contributed by atoms with Crippen LogP contribution in [0.4, 0.5) is 5.69 Å². The van der Waals surface area contributed by atoms with E-state index in [1.54, 1.807) is 36.1 Å². The second-order valence-electron chi connectivity index (χ2n) is 7.67. The van der Waals surface area contributed by atoms with E-state index in [2.05, 4.69) is 12.1 Å². The summed E-state index contributed by atoms with van der Waals surface area (Å²) in [6.07, 6.45) is 3.97. The number of piperidine rings is 1. The van der Waals surface area contributed by atoms with Crippen molar-refractivity contribution in [1.29, 1.82) is 0 Å². The van der Waals surface area contributed by atoms with Crippen molar-refractivity contribution in [3.8, 4) is 0 Å². The molecular formula is C22H27ClN2O3S. The number of anilines is 1. The van der Waals surface area contributed by atoms with E-state index < -0.39 is 16.1 Å². The lowest BCUT2D eigenvalue weighted by Crippen LogP contribution is -2.51.